The zero-order valence-corrected chi connectivity index (χ0v) is 13.1. The Morgan fingerprint density at radius 2 is 2.19 bits per heavy atom. The third-order valence-corrected chi connectivity index (χ3v) is 3.53. The minimum atomic E-state index is 0.272. The summed E-state index contributed by atoms with van der Waals surface area (Å²) in [5, 5.41) is 7.51. The zero-order chi connectivity index (χ0) is 15.2. The Hall–Kier alpha value is -1.92. The number of methoxy groups -OCH3 is 1. The van der Waals surface area contributed by atoms with Gasteiger partial charge in [-0.05, 0) is 31.8 Å². The van der Waals surface area contributed by atoms with Gasteiger partial charge in [0, 0.05) is 19.6 Å². The molecule has 0 saturated heterocycles. The van der Waals surface area contributed by atoms with Crippen molar-refractivity contribution < 1.29 is 4.74 Å². The molecule has 0 aliphatic heterocycles. The van der Waals surface area contributed by atoms with E-state index in [1.807, 2.05) is 19.2 Å². The molecule has 1 aromatic heterocycles. The number of aryl methyl sites for hydroxylation is 1. The van der Waals surface area contributed by atoms with Gasteiger partial charge in [0.25, 0.3) is 0 Å². The van der Waals surface area contributed by atoms with Crippen LogP contribution in [0.1, 0.15) is 17.4 Å². The van der Waals surface area contributed by atoms with E-state index in [0.717, 1.165) is 18.1 Å². The van der Waals surface area contributed by atoms with Crippen molar-refractivity contribution >= 4 is 0 Å². The number of hydrogen-bond donors (Lipinski definition) is 1. The standard InChI is InChI=1S/C15H23N5O/c1-19(2)14(12-6-5-7-13(8-12)21-4)9-16-10-15-17-11-18-20(15)3/h5-8,11,14,16H,9-10H2,1-4H3. The van der Waals surface area contributed by atoms with E-state index >= 15 is 0 Å². The molecule has 21 heavy (non-hydrogen) atoms. The molecule has 0 spiro atoms. The first-order chi connectivity index (χ1) is 10.1. The van der Waals surface area contributed by atoms with E-state index in [2.05, 4.69) is 46.5 Å². The van der Waals surface area contributed by atoms with E-state index in [9.17, 15) is 0 Å². The quantitative estimate of drug-likeness (QED) is 0.830. The highest BCUT2D eigenvalue weighted by atomic mass is 16.5. The minimum Gasteiger partial charge on any atom is -0.497 e. The van der Waals surface area contributed by atoms with Gasteiger partial charge in [-0.15, -0.1) is 0 Å². The van der Waals surface area contributed by atoms with Crippen LogP contribution in [0.3, 0.4) is 0 Å². The van der Waals surface area contributed by atoms with Crippen LogP contribution in [0.15, 0.2) is 30.6 Å². The van der Waals surface area contributed by atoms with Crippen LogP contribution >= 0.6 is 0 Å². The van der Waals surface area contributed by atoms with Gasteiger partial charge >= 0.3 is 0 Å². The number of aromatic nitrogens is 3. The normalized spacial score (nSPS) is 12.6. The van der Waals surface area contributed by atoms with E-state index in [4.69, 9.17) is 4.74 Å². The van der Waals surface area contributed by atoms with Gasteiger partial charge in [0.1, 0.15) is 17.9 Å². The van der Waals surface area contributed by atoms with Crippen molar-refractivity contribution in [2.24, 2.45) is 7.05 Å². The predicted molar refractivity (Wildman–Crippen MR) is 82.1 cm³/mol. The summed E-state index contributed by atoms with van der Waals surface area (Å²) >= 11 is 0. The van der Waals surface area contributed by atoms with Gasteiger partial charge in [-0.3, -0.25) is 4.68 Å². The average Bonchev–Trinajstić information content (AvgIpc) is 2.88. The highest BCUT2D eigenvalue weighted by Crippen LogP contribution is 2.22. The number of nitrogens with zero attached hydrogens (tertiary/aromatic N) is 4. The molecule has 1 N–H and O–H groups in total. The third kappa shape index (κ3) is 4.03. The average molecular weight is 289 g/mol. The topological polar surface area (TPSA) is 55.2 Å². The Bertz CT molecular complexity index is 567. The smallest absolute Gasteiger partial charge is 0.140 e. The summed E-state index contributed by atoms with van der Waals surface area (Å²) in [6.45, 7) is 1.53. The molecule has 114 valence electrons. The van der Waals surface area contributed by atoms with Crippen LogP contribution in [0.5, 0.6) is 5.75 Å². The molecule has 1 aromatic carbocycles. The molecule has 1 heterocycles. The molecule has 1 atom stereocenters. The lowest BCUT2D eigenvalue weighted by Crippen LogP contribution is -2.31. The first-order valence-electron chi connectivity index (χ1n) is 6.95. The predicted octanol–water partition coefficient (Wildman–Crippen LogP) is 1.22. The molecule has 0 fully saturated rings. The Balaban J connectivity index is 2.00. The molecule has 0 radical (unpaired) electrons. The van der Waals surface area contributed by atoms with E-state index in [1.165, 1.54) is 5.56 Å². The number of ether oxygens (including phenoxy) is 1. The molecule has 0 amide bonds. The van der Waals surface area contributed by atoms with Gasteiger partial charge in [-0.1, -0.05) is 12.1 Å². The van der Waals surface area contributed by atoms with Gasteiger partial charge in [-0.25, -0.2) is 4.98 Å². The largest absolute Gasteiger partial charge is 0.497 e. The lowest BCUT2D eigenvalue weighted by Gasteiger charge is -2.25. The lowest BCUT2D eigenvalue weighted by molar-refractivity contribution is 0.286. The Labute approximate surface area is 125 Å². The number of nitrogens with one attached hydrogen (secondary N) is 1. The van der Waals surface area contributed by atoms with Crippen molar-refractivity contribution in [3.63, 3.8) is 0 Å². The van der Waals surface area contributed by atoms with Crippen LogP contribution in [0.4, 0.5) is 0 Å². The van der Waals surface area contributed by atoms with Crippen LogP contribution < -0.4 is 10.1 Å². The van der Waals surface area contributed by atoms with E-state index in [0.29, 0.717) is 6.54 Å². The number of rotatable bonds is 7. The molecule has 2 rings (SSSR count). The van der Waals surface area contributed by atoms with E-state index in [1.54, 1.807) is 18.1 Å². The van der Waals surface area contributed by atoms with Crippen molar-refractivity contribution in [1.82, 2.24) is 25.0 Å². The van der Waals surface area contributed by atoms with Crippen molar-refractivity contribution in [3.8, 4) is 5.75 Å². The zero-order valence-electron chi connectivity index (χ0n) is 13.1. The van der Waals surface area contributed by atoms with Gasteiger partial charge in [0.2, 0.25) is 0 Å². The third-order valence-electron chi connectivity index (χ3n) is 3.53. The maximum atomic E-state index is 5.30. The summed E-state index contributed by atoms with van der Waals surface area (Å²) in [6.07, 6.45) is 1.57. The highest BCUT2D eigenvalue weighted by Gasteiger charge is 2.14. The maximum absolute atomic E-state index is 5.30. The number of benzene rings is 1. The van der Waals surface area contributed by atoms with Crippen LogP contribution in [0.25, 0.3) is 0 Å². The maximum Gasteiger partial charge on any atom is 0.140 e. The molecule has 0 aliphatic rings. The second-order valence-corrected chi connectivity index (χ2v) is 5.19. The Kier molecular flexibility index (Phi) is 5.30. The molecule has 6 nitrogen and oxygen atoms in total. The van der Waals surface area contributed by atoms with E-state index < -0.39 is 0 Å². The van der Waals surface area contributed by atoms with Gasteiger partial charge in [0.15, 0.2) is 0 Å². The minimum absolute atomic E-state index is 0.272. The van der Waals surface area contributed by atoms with Crippen molar-refractivity contribution in [3.05, 3.63) is 42.0 Å². The molecular formula is C15H23N5O. The fourth-order valence-corrected chi connectivity index (χ4v) is 2.25. The second-order valence-electron chi connectivity index (χ2n) is 5.19. The Morgan fingerprint density at radius 3 is 2.81 bits per heavy atom. The number of hydrogen-bond acceptors (Lipinski definition) is 5. The van der Waals surface area contributed by atoms with E-state index in [-0.39, 0.29) is 6.04 Å². The summed E-state index contributed by atoms with van der Waals surface area (Å²) in [5.41, 5.74) is 1.23. The van der Waals surface area contributed by atoms with Crippen LogP contribution in [-0.4, -0.2) is 47.4 Å². The second kappa shape index (κ2) is 7.19. The summed E-state index contributed by atoms with van der Waals surface area (Å²) in [4.78, 5) is 6.41. The van der Waals surface area contributed by atoms with Crippen LogP contribution in [0.2, 0.25) is 0 Å². The first-order valence-corrected chi connectivity index (χ1v) is 6.95. The highest BCUT2D eigenvalue weighted by molar-refractivity contribution is 5.30. The molecule has 1 unspecified atom stereocenters. The Morgan fingerprint density at radius 1 is 1.38 bits per heavy atom. The fraction of sp³-hybridized carbons (Fsp3) is 0.467. The summed E-state index contributed by atoms with van der Waals surface area (Å²) in [5.74, 6) is 1.81. The monoisotopic (exact) mass is 289 g/mol. The van der Waals surface area contributed by atoms with Crippen LogP contribution in [0, 0.1) is 0 Å². The first kappa shape index (κ1) is 15.5. The summed E-state index contributed by atoms with van der Waals surface area (Å²) < 4.78 is 7.08. The molecule has 0 saturated carbocycles. The molecule has 6 heteroatoms. The number of likely N-dealkylation sites (N-methyl/N-ethyl adjacent to an activating group) is 1. The van der Waals surface area contributed by atoms with Gasteiger partial charge in [0.05, 0.1) is 13.7 Å². The molecule has 0 aliphatic carbocycles. The van der Waals surface area contributed by atoms with Gasteiger partial charge in [-0.2, -0.15) is 5.10 Å². The van der Waals surface area contributed by atoms with Gasteiger partial charge < -0.3 is 15.0 Å². The molecule has 2 aromatic rings. The van der Waals surface area contributed by atoms with Crippen molar-refractivity contribution in [2.45, 2.75) is 12.6 Å². The summed E-state index contributed by atoms with van der Waals surface area (Å²) in [6, 6.07) is 8.45. The molecular weight excluding hydrogens is 266 g/mol. The SMILES string of the molecule is COc1cccc(C(CNCc2ncnn2C)N(C)C)c1. The lowest BCUT2D eigenvalue weighted by atomic mass is 10.1. The van der Waals surface area contributed by atoms with Crippen molar-refractivity contribution in [1.29, 1.82) is 0 Å². The fourth-order valence-electron chi connectivity index (χ4n) is 2.25. The molecule has 0 bridgehead atoms. The van der Waals surface area contributed by atoms with Crippen LogP contribution in [-0.2, 0) is 13.6 Å². The summed E-state index contributed by atoms with van der Waals surface area (Å²) in [7, 11) is 7.74. The van der Waals surface area contributed by atoms with Crippen molar-refractivity contribution in [2.75, 3.05) is 27.7 Å².